The van der Waals surface area contributed by atoms with Gasteiger partial charge < -0.3 is 9.32 Å². The molecule has 0 unspecified atom stereocenters. The summed E-state index contributed by atoms with van der Waals surface area (Å²) in [5.74, 6) is 1.31. The molecule has 2 heterocycles. The lowest BCUT2D eigenvalue weighted by atomic mass is 10.0. The molecule has 4 rings (SSSR count). The van der Waals surface area contributed by atoms with E-state index in [9.17, 15) is 12.8 Å². The number of oxazole rings is 1. The average molecular weight is 471 g/mol. The quantitative estimate of drug-likeness (QED) is 0.415. The number of alkyl halides is 1. The van der Waals surface area contributed by atoms with Crippen molar-refractivity contribution in [3.8, 4) is 22.6 Å². The maximum Gasteiger partial charge on any atom is 0.226 e. The van der Waals surface area contributed by atoms with Gasteiger partial charge in [-0.1, -0.05) is 24.3 Å². The number of aryl methyl sites for hydroxylation is 1. The fourth-order valence-corrected chi connectivity index (χ4v) is 5.66. The molecule has 1 saturated heterocycles. The topological polar surface area (TPSA) is 63.4 Å². The summed E-state index contributed by atoms with van der Waals surface area (Å²) < 4.78 is 42.7. The number of sulfone groups is 1. The van der Waals surface area contributed by atoms with E-state index >= 15 is 0 Å². The Kier molecular flexibility index (Phi) is 7.29. The van der Waals surface area contributed by atoms with Gasteiger partial charge in [-0.25, -0.2) is 13.4 Å². The molecule has 3 aromatic rings. The zero-order valence-electron chi connectivity index (χ0n) is 19.3. The Bertz CT molecular complexity index is 1170. The van der Waals surface area contributed by atoms with Crippen molar-refractivity contribution in [2.45, 2.75) is 50.5 Å². The Morgan fingerprint density at radius 2 is 1.70 bits per heavy atom. The maximum absolute atomic E-state index is 12.3. The predicted octanol–water partition coefficient (Wildman–Crippen LogP) is 5.48. The van der Waals surface area contributed by atoms with Crippen LogP contribution in [0, 0.1) is 6.92 Å². The molecule has 0 spiro atoms. The molecule has 2 aromatic carbocycles. The van der Waals surface area contributed by atoms with Gasteiger partial charge in [-0.15, -0.1) is 0 Å². The van der Waals surface area contributed by atoms with E-state index in [1.807, 2.05) is 31.2 Å². The van der Waals surface area contributed by atoms with Gasteiger partial charge in [0.05, 0.1) is 23.0 Å². The van der Waals surface area contributed by atoms with E-state index in [0.717, 1.165) is 47.7 Å². The minimum absolute atomic E-state index is 0.0188. The highest BCUT2D eigenvalue weighted by Crippen LogP contribution is 2.27. The minimum Gasteiger partial charge on any atom is -0.441 e. The smallest absolute Gasteiger partial charge is 0.226 e. The van der Waals surface area contributed by atoms with Crippen LogP contribution in [0.5, 0.6) is 0 Å². The number of likely N-dealkylation sites (tertiary alicyclic amines) is 1. The van der Waals surface area contributed by atoms with Crippen LogP contribution < -0.4 is 0 Å². The number of benzene rings is 2. The van der Waals surface area contributed by atoms with Crippen LogP contribution in [0.1, 0.15) is 37.6 Å². The maximum atomic E-state index is 12.3. The summed E-state index contributed by atoms with van der Waals surface area (Å²) in [6.07, 6.45) is 3.45. The molecule has 5 nitrogen and oxygen atoms in total. The summed E-state index contributed by atoms with van der Waals surface area (Å²) >= 11 is 0. The van der Waals surface area contributed by atoms with Crippen molar-refractivity contribution in [3.05, 3.63) is 60.0 Å². The standard InChI is InChI=1S/C26H31FN2O3S/c1-19-5-3-16-29(19)17-14-25-20(2)32-26(28-25)23-8-6-21(7-9-23)22-10-12-24(13-11-22)33(30,31)18-4-15-27/h6-13,19H,3-5,14-18H2,1-2H3/t19-/m1/s1. The monoisotopic (exact) mass is 470 g/mol. The van der Waals surface area contributed by atoms with Crippen molar-refractivity contribution < 1.29 is 17.2 Å². The van der Waals surface area contributed by atoms with E-state index in [4.69, 9.17) is 9.40 Å². The van der Waals surface area contributed by atoms with E-state index < -0.39 is 16.5 Å². The molecule has 1 aliphatic heterocycles. The first-order valence-corrected chi connectivity index (χ1v) is 13.2. The summed E-state index contributed by atoms with van der Waals surface area (Å²) in [6.45, 7) is 5.79. The van der Waals surface area contributed by atoms with Crippen LogP contribution in [-0.2, 0) is 16.3 Å². The van der Waals surface area contributed by atoms with Crippen molar-refractivity contribution in [1.82, 2.24) is 9.88 Å². The van der Waals surface area contributed by atoms with Gasteiger partial charge in [0.25, 0.3) is 0 Å². The Hall–Kier alpha value is -2.51. The lowest BCUT2D eigenvalue weighted by Gasteiger charge is -2.20. The highest BCUT2D eigenvalue weighted by molar-refractivity contribution is 7.91. The molecule has 7 heteroatoms. The van der Waals surface area contributed by atoms with Crippen LogP contribution in [0.4, 0.5) is 4.39 Å². The van der Waals surface area contributed by atoms with Crippen LogP contribution in [0.25, 0.3) is 22.6 Å². The van der Waals surface area contributed by atoms with Crippen LogP contribution >= 0.6 is 0 Å². The van der Waals surface area contributed by atoms with E-state index in [1.54, 1.807) is 24.3 Å². The molecule has 1 aromatic heterocycles. The Balaban J connectivity index is 1.44. The zero-order chi connectivity index (χ0) is 23.4. The minimum atomic E-state index is -3.44. The van der Waals surface area contributed by atoms with Gasteiger partial charge in [0.15, 0.2) is 9.84 Å². The number of rotatable bonds is 9. The largest absolute Gasteiger partial charge is 0.441 e. The summed E-state index contributed by atoms with van der Waals surface area (Å²) in [5.41, 5.74) is 3.80. The highest BCUT2D eigenvalue weighted by atomic mass is 32.2. The SMILES string of the molecule is Cc1oc(-c2ccc(-c3ccc(S(=O)(=O)CCCF)cc3)cc2)nc1CCN1CCC[C@H]1C. The summed E-state index contributed by atoms with van der Waals surface area (Å²) in [7, 11) is -3.44. The van der Waals surface area contributed by atoms with Crippen molar-refractivity contribution in [2.24, 2.45) is 0 Å². The van der Waals surface area contributed by atoms with E-state index in [1.165, 1.54) is 12.8 Å². The van der Waals surface area contributed by atoms with Crippen LogP contribution in [0.3, 0.4) is 0 Å². The Morgan fingerprint density at radius 3 is 2.30 bits per heavy atom. The van der Waals surface area contributed by atoms with Crippen LogP contribution in [-0.4, -0.2) is 49.9 Å². The van der Waals surface area contributed by atoms with Crippen molar-refractivity contribution >= 4 is 9.84 Å². The molecule has 176 valence electrons. The number of hydrogen-bond acceptors (Lipinski definition) is 5. The van der Waals surface area contributed by atoms with Gasteiger partial charge in [-0.05, 0) is 75.0 Å². The molecule has 0 bridgehead atoms. The molecular weight excluding hydrogens is 439 g/mol. The molecule has 33 heavy (non-hydrogen) atoms. The molecule has 0 saturated carbocycles. The fraction of sp³-hybridized carbons (Fsp3) is 0.423. The second-order valence-electron chi connectivity index (χ2n) is 8.76. The average Bonchev–Trinajstić information content (AvgIpc) is 3.41. The van der Waals surface area contributed by atoms with Gasteiger partial charge in [0, 0.05) is 24.6 Å². The van der Waals surface area contributed by atoms with Crippen molar-refractivity contribution in [1.29, 1.82) is 0 Å². The zero-order valence-corrected chi connectivity index (χ0v) is 20.1. The van der Waals surface area contributed by atoms with E-state index in [0.29, 0.717) is 11.9 Å². The van der Waals surface area contributed by atoms with Crippen LogP contribution in [0.15, 0.2) is 57.8 Å². The summed E-state index contributed by atoms with van der Waals surface area (Å²) in [6, 6.07) is 15.3. The fourth-order valence-electron chi connectivity index (χ4n) is 4.38. The molecule has 0 N–H and O–H groups in total. The molecular formula is C26H31FN2O3S. The van der Waals surface area contributed by atoms with Crippen molar-refractivity contribution in [2.75, 3.05) is 25.5 Å². The van der Waals surface area contributed by atoms with Crippen LogP contribution in [0.2, 0.25) is 0 Å². The third-order valence-electron chi connectivity index (χ3n) is 6.44. The number of halogens is 1. The van der Waals surface area contributed by atoms with Gasteiger partial charge in [0.2, 0.25) is 5.89 Å². The highest BCUT2D eigenvalue weighted by Gasteiger charge is 2.21. The van der Waals surface area contributed by atoms with E-state index in [2.05, 4.69) is 11.8 Å². The van der Waals surface area contributed by atoms with Gasteiger partial charge >= 0.3 is 0 Å². The first-order chi connectivity index (χ1) is 15.9. The number of hydrogen-bond donors (Lipinski definition) is 0. The molecule has 1 atom stereocenters. The van der Waals surface area contributed by atoms with Crippen molar-refractivity contribution in [3.63, 3.8) is 0 Å². The summed E-state index contributed by atoms with van der Waals surface area (Å²) in [5, 5.41) is 0. The Labute approximate surface area is 195 Å². The predicted molar refractivity (Wildman–Crippen MR) is 129 cm³/mol. The second-order valence-corrected chi connectivity index (χ2v) is 10.9. The lowest BCUT2D eigenvalue weighted by Crippen LogP contribution is -2.29. The molecule has 0 radical (unpaired) electrons. The van der Waals surface area contributed by atoms with Gasteiger partial charge in [-0.3, -0.25) is 4.39 Å². The van der Waals surface area contributed by atoms with E-state index in [-0.39, 0.29) is 17.1 Å². The molecule has 0 amide bonds. The molecule has 0 aliphatic carbocycles. The number of nitrogens with zero attached hydrogens (tertiary/aromatic N) is 2. The second kappa shape index (κ2) is 10.2. The number of aromatic nitrogens is 1. The van der Waals surface area contributed by atoms with Gasteiger partial charge in [-0.2, -0.15) is 0 Å². The Morgan fingerprint density at radius 1 is 1.06 bits per heavy atom. The summed E-state index contributed by atoms with van der Waals surface area (Å²) in [4.78, 5) is 7.48. The molecule has 1 aliphatic rings. The normalized spacial score (nSPS) is 17.0. The third kappa shape index (κ3) is 5.53. The molecule has 1 fully saturated rings. The first kappa shape index (κ1) is 23.6. The third-order valence-corrected chi connectivity index (χ3v) is 8.26. The lowest BCUT2D eigenvalue weighted by molar-refractivity contribution is 0.271. The van der Waals surface area contributed by atoms with Gasteiger partial charge in [0.1, 0.15) is 5.76 Å². The first-order valence-electron chi connectivity index (χ1n) is 11.6.